The van der Waals surface area contributed by atoms with Gasteiger partial charge in [-0.1, -0.05) is 25.1 Å². The fraction of sp³-hybridized carbons (Fsp3) is 0.333. The normalized spacial score (nSPS) is 16.9. The van der Waals surface area contributed by atoms with Crippen molar-refractivity contribution in [2.75, 3.05) is 23.4 Å². The summed E-state index contributed by atoms with van der Waals surface area (Å²) in [6.45, 7) is 2.59. The van der Waals surface area contributed by atoms with E-state index >= 15 is 0 Å². The van der Waals surface area contributed by atoms with Crippen LogP contribution in [0.4, 0.5) is 15.6 Å². The van der Waals surface area contributed by atoms with Gasteiger partial charge in [-0.3, -0.25) is 10.2 Å². The zero-order valence-electron chi connectivity index (χ0n) is 11.7. The number of benzene rings is 1. The number of aliphatic hydroxyl groups excluding tert-OH is 1. The number of nitrogens with one attached hydrogen (secondary N) is 1. The van der Waals surface area contributed by atoms with Crippen LogP contribution in [0.5, 0.6) is 0 Å². The minimum Gasteiger partial charge on any atom is -0.396 e. The third kappa shape index (κ3) is 2.64. The van der Waals surface area contributed by atoms with Crippen molar-refractivity contribution >= 4 is 28.2 Å². The summed E-state index contributed by atoms with van der Waals surface area (Å²) >= 11 is 1.49. The molecule has 21 heavy (non-hydrogen) atoms. The molecular formula is C15H17N3O2S. The number of aryl methyl sites for hydroxylation is 1. The molecule has 0 saturated carbocycles. The number of carbonyl (C=O) groups excluding carboxylic acids is 1. The molecule has 1 aromatic carbocycles. The van der Waals surface area contributed by atoms with Gasteiger partial charge in [0.05, 0.1) is 6.61 Å². The highest BCUT2D eigenvalue weighted by atomic mass is 32.1. The Morgan fingerprint density at radius 3 is 3.05 bits per heavy atom. The maximum absolute atomic E-state index is 12.4. The molecule has 1 atom stereocenters. The molecule has 2 amide bonds. The molecule has 110 valence electrons. The largest absolute Gasteiger partial charge is 0.396 e. The molecule has 2 N–H and O–H groups in total. The molecule has 1 aromatic heterocycles. The maximum Gasteiger partial charge on any atom is 0.328 e. The van der Waals surface area contributed by atoms with Crippen LogP contribution in [-0.2, 0) is 6.42 Å². The number of carbonyl (C=O) groups is 1. The van der Waals surface area contributed by atoms with Gasteiger partial charge in [-0.15, -0.1) is 11.3 Å². The van der Waals surface area contributed by atoms with Crippen LogP contribution in [0.25, 0.3) is 0 Å². The van der Waals surface area contributed by atoms with E-state index in [1.165, 1.54) is 11.3 Å². The molecule has 2 heterocycles. The Kier molecular flexibility index (Phi) is 3.90. The van der Waals surface area contributed by atoms with E-state index in [9.17, 15) is 9.90 Å². The zero-order chi connectivity index (χ0) is 14.8. The maximum atomic E-state index is 12.4. The summed E-state index contributed by atoms with van der Waals surface area (Å²) in [4.78, 5) is 19.4. The summed E-state index contributed by atoms with van der Waals surface area (Å²) in [5, 5.41) is 12.9. The lowest BCUT2D eigenvalue weighted by molar-refractivity contribution is 0.253. The SMILES string of the molecule is CCc1cnc(NC(=O)N2CC(CO)c3ccccc32)s1. The van der Waals surface area contributed by atoms with Crippen LogP contribution in [0.3, 0.4) is 0 Å². The second-order valence-electron chi connectivity index (χ2n) is 4.96. The van der Waals surface area contributed by atoms with Crippen molar-refractivity contribution < 1.29 is 9.90 Å². The van der Waals surface area contributed by atoms with Gasteiger partial charge in [-0.2, -0.15) is 0 Å². The molecule has 2 aromatic rings. The summed E-state index contributed by atoms with van der Waals surface area (Å²) in [7, 11) is 0. The number of hydrogen-bond donors (Lipinski definition) is 2. The van der Waals surface area contributed by atoms with Gasteiger partial charge in [-0.05, 0) is 18.1 Å². The van der Waals surface area contributed by atoms with Crippen LogP contribution < -0.4 is 10.2 Å². The number of nitrogens with zero attached hydrogens (tertiary/aromatic N) is 2. The number of fused-ring (bicyclic) bond motifs is 1. The van der Waals surface area contributed by atoms with Crippen molar-refractivity contribution in [3.05, 3.63) is 40.9 Å². The molecule has 6 heteroatoms. The third-order valence-electron chi connectivity index (χ3n) is 3.65. The molecule has 0 aliphatic carbocycles. The van der Waals surface area contributed by atoms with Gasteiger partial charge >= 0.3 is 6.03 Å². The molecular weight excluding hydrogens is 286 g/mol. The van der Waals surface area contributed by atoms with E-state index in [-0.39, 0.29) is 18.6 Å². The number of aliphatic hydroxyl groups is 1. The summed E-state index contributed by atoms with van der Waals surface area (Å²) in [5.74, 6) is -0.0190. The zero-order valence-corrected chi connectivity index (χ0v) is 12.6. The standard InChI is InChI=1S/C15H17N3O2S/c1-2-11-7-16-14(21-11)17-15(20)18-8-10(9-19)12-5-3-4-6-13(12)18/h3-7,10,19H,2,8-9H2,1H3,(H,16,17,20). The van der Waals surface area contributed by atoms with Crippen molar-refractivity contribution in [3.63, 3.8) is 0 Å². The fourth-order valence-corrected chi connectivity index (χ4v) is 3.27. The second kappa shape index (κ2) is 5.83. The summed E-state index contributed by atoms with van der Waals surface area (Å²) < 4.78 is 0. The molecule has 0 saturated heterocycles. The molecule has 1 aliphatic rings. The predicted octanol–water partition coefficient (Wildman–Crippen LogP) is 2.83. The smallest absolute Gasteiger partial charge is 0.328 e. The molecule has 0 spiro atoms. The lowest BCUT2D eigenvalue weighted by Gasteiger charge is -2.17. The van der Waals surface area contributed by atoms with Crippen molar-refractivity contribution in [1.29, 1.82) is 0 Å². The van der Waals surface area contributed by atoms with E-state index in [0.717, 1.165) is 22.5 Å². The van der Waals surface area contributed by atoms with E-state index in [1.54, 1.807) is 11.1 Å². The minimum absolute atomic E-state index is 0.0190. The van der Waals surface area contributed by atoms with Gasteiger partial charge in [0.25, 0.3) is 0 Å². The van der Waals surface area contributed by atoms with Gasteiger partial charge in [0.2, 0.25) is 0 Å². The van der Waals surface area contributed by atoms with Crippen LogP contribution >= 0.6 is 11.3 Å². The molecule has 1 aliphatic heterocycles. The van der Waals surface area contributed by atoms with Crippen LogP contribution in [0.15, 0.2) is 30.5 Å². The lowest BCUT2D eigenvalue weighted by atomic mass is 10.0. The van der Waals surface area contributed by atoms with Gasteiger partial charge in [-0.25, -0.2) is 9.78 Å². The Hall–Kier alpha value is -1.92. The van der Waals surface area contributed by atoms with Crippen LogP contribution in [0.1, 0.15) is 23.3 Å². The van der Waals surface area contributed by atoms with E-state index in [4.69, 9.17) is 0 Å². The Balaban J connectivity index is 1.79. The Morgan fingerprint density at radius 1 is 1.52 bits per heavy atom. The van der Waals surface area contributed by atoms with Crippen molar-refractivity contribution in [1.82, 2.24) is 4.98 Å². The number of urea groups is 1. The molecule has 0 radical (unpaired) electrons. The topological polar surface area (TPSA) is 65.5 Å². The van der Waals surface area contributed by atoms with Crippen LogP contribution in [-0.4, -0.2) is 29.3 Å². The average molecular weight is 303 g/mol. The van der Waals surface area contributed by atoms with Crippen molar-refractivity contribution in [2.24, 2.45) is 0 Å². The Morgan fingerprint density at radius 2 is 2.33 bits per heavy atom. The first-order chi connectivity index (χ1) is 10.2. The highest BCUT2D eigenvalue weighted by Crippen LogP contribution is 2.36. The fourth-order valence-electron chi connectivity index (χ4n) is 2.53. The van der Waals surface area contributed by atoms with E-state index in [1.807, 2.05) is 24.3 Å². The molecule has 3 rings (SSSR count). The van der Waals surface area contributed by atoms with Gasteiger partial charge in [0.1, 0.15) is 0 Å². The number of hydrogen-bond acceptors (Lipinski definition) is 4. The van der Waals surface area contributed by atoms with E-state index in [0.29, 0.717) is 11.7 Å². The van der Waals surface area contributed by atoms with Gasteiger partial charge in [0.15, 0.2) is 5.13 Å². The predicted molar refractivity (Wildman–Crippen MR) is 84.1 cm³/mol. The minimum atomic E-state index is -0.199. The summed E-state index contributed by atoms with van der Waals surface area (Å²) in [6, 6.07) is 7.50. The molecule has 0 bridgehead atoms. The second-order valence-corrected chi connectivity index (χ2v) is 6.08. The molecule has 1 unspecified atom stereocenters. The highest BCUT2D eigenvalue weighted by molar-refractivity contribution is 7.15. The number of aromatic nitrogens is 1. The number of thiazole rings is 1. The molecule has 0 fully saturated rings. The van der Waals surface area contributed by atoms with Gasteiger partial charge in [0, 0.05) is 29.2 Å². The van der Waals surface area contributed by atoms with Crippen molar-refractivity contribution in [2.45, 2.75) is 19.3 Å². The highest BCUT2D eigenvalue weighted by Gasteiger charge is 2.31. The Labute approximate surface area is 127 Å². The van der Waals surface area contributed by atoms with Crippen molar-refractivity contribution in [3.8, 4) is 0 Å². The molecule has 5 nitrogen and oxygen atoms in total. The summed E-state index contributed by atoms with van der Waals surface area (Å²) in [5.41, 5.74) is 1.88. The number of anilines is 2. The number of rotatable bonds is 3. The van der Waals surface area contributed by atoms with E-state index in [2.05, 4.69) is 17.2 Å². The first-order valence-electron chi connectivity index (χ1n) is 6.96. The third-order valence-corrected chi connectivity index (χ3v) is 4.71. The lowest BCUT2D eigenvalue weighted by Crippen LogP contribution is -2.34. The van der Waals surface area contributed by atoms with Gasteiger partial charge < -0.3 is 5.11 Å². The average Bonchev–Trinajstić information content (AvgIpc) is 3.11. The Bertz CT molecular complexity index is 656. The van der Waals surface area contributed by atoms with Crippen LogP contribution in [0.2, 0.25) is 0 Å². The quantitative estimate of drug-likeness (QED) is 0.916. The number of para-hydroxylation sites is 1. The van der Waals surface area contributed by atoms with E-state index < -0.39 is 0 Å². The van der Waals surface area contributed by atoms with Crippen LogP contribution in [0, 0.1) is 0 Å². The summed E-state index contributed by atoms with van der Waals surface area (Å²) in [6.07, 6.45) is 2.70. The monoisotopic (exact) mass is 303 g/mol. The number of amides is 2. The first-order valence-corrected chi connectivity index (χ1v) is 7.77. The first kappa shape index (κ1) is 14.0.